The molecule has 2 heteroatoms. The van der Waals surface area contributed by atoms with E-state index in [1.807, 2.05) is 12.1 Å². The van der Waals surface area contributed by atoms with Crippen molar-refractivity contribution in [2.75, 3.05) is 0 Å². The largest absolute Gasteiger partial charge is 0.310 e. The van der Waals surface area contributed by atoms with Gasteiger partial charge in [-0.2, -0.15) is 0 Å². The molecule has 0 radical (unpaired) electrons. The lowest BCUT2D eigenvalue weighted by atomic mass is 9.93. The summed E-state index contributed by atoms with van der Waals surface area (Å²) in [5.41, 5.74) is 6.44. The first-order valence-corrected chi connectivity index (χ1v) is 7.48. The van der Waals surface area contributed by atoms with E-state index in [9.17, 15) is 4.39 Å². The van der Waals surface area contributed by atoms with Gasteiger partial charge in [0.2, 0.25) is 0 Å². The molecule has 0 saturated heterocycles. The lowest BCUT2D eigenvalue weighted by Crippen LogP contribution is -2.22. The van der Waals surface area contributed by atoms with Crippen molar-refractivity contribution in [3.8, 4) is 11.1 Å². The number of nitrogens with one attached hydrogen (secondary N) is 1. The Morgan fingerprint density at radius 2 is 1.62 bits per heavy atom. The first kappa shape index (κ1) is 15.7. The summed E-state index contributed by atoms with van der Waals surface area (Å²) in [6, 6.07) is 10.2. The maximum absolute atomic E-state index is 14.3. The number of halogens is 1. The molecule has 2 aromatic rings. The number of hydrogen-bond acceptors (Lipinski definition) is 1. The SMILES string of the molecule is Cc1cc(C)c(-c2ccc(CNC(C)C)c(F)c2)c(C)c1. The highest BCUT2D eigenvalue weighted by atomic mass is 19.1. The zero-order valence-electron chi connectivity index (χ0n) is 13.5. The van der Waals surface area contributed by atoms with Gasteiger partial charge in [-0.1, -0.05) is 43.7 Å². The van der Waals surface area contributed by atoms with E-state index in [1.165, 1.54) is 16.7 Å². The van der Waals surface area contributed by atoms with Crippen LogP contribution in [0.4, 0.5) is 4.39 Å². The molecule has 21 heavy (non-hydrogen) atoms. The molecular weight excluding hydrogens is 261 g/mol. The van der Waals surface area contributed by atoms with Crippen molar-refractivity contribution in [3.63, 3.8) is 0 Å². The van der Waals surface area contributed by atoms with Gasteiger partial charge in [0.05, 0.1) is 0 Å². The standard InChI is InChI=1S/C19H24FN/c1-12(2)21-11-17-7-6-16(10-18(17)20)19-14(4)8-13(3)9-15(19)5/h6-10,12,21H,11H2,1-5H3. The molecule has 0 saturated carbocycles. The van der Waals surface area contributed by atoms with Crippen molar-refractivity contribution in [1.29, 1.82) is 0 Å². The van der Waals surface area contributed by atoms with Crippen LogP contribution in [-0.2, 0) is 6.54 Å². The summed E-state index contributed by atoms with van der Waals surface area (Å²) >= 11 is 0. The third kappa shape index (κ3) is 3.70. The lowest BCUT2D eigenvalue weighted by Gasteiger charge is -2.14. The van der Waals surface area contributed by atoms with Crippen molar-refractivity contribution < 1.29 is 4.39 Å². The molecular formula is C19H24FN. The number of aryl methyl sites for hydroxylation is 3. The summed E-state index contributed by atoms with van der Waals surface area (Å²) in [5.74, 6) is -0.139. The van der Waals surface area contributed by atoms with E-state index in [0.29, 0.717) is 12.6 Å². The topological polar surface area (TPSA) is 12.0 Å². The van der Waals surface area contributed by atoms with Crippen LogP contribution < -0.4 is 5.32 Å². The van der Waals surface area contributed by atoms with Gasteiger partial charge in [-0.15, -0.1) is 0 Å². The predicted octanol–water partition coefficient (Wildman–Crippen LogP) is 4.92. The van der Waals surface area contributed by atoms with Crippen molar-refractivity contribution >= 4 is 0 Å². The molecule has 0 amide bonds. The summed E-state index contributed by atoms with van der Waals surface area (Å²) < 4.78 is 14.3. The Labute approximate surface area is 127 Å². The fourth-order valence-electron chi connectivity index (χ4n) is 2.80. The Balaban J connectivity index is 2.36. The molecule has 0 spiro atoms. The minimum absolute atomic E-state index is 0.139. The van der Waals surface area contributed by atoms with Crippen molar-refractivity contribution in [1.82, 2.24) is 5.32 Å². The Morgan fingerprint density at radius 3 is 2.14 bits per heavy atom. The summed E-state index contributed by atoms with van der Waals surface area (Å²) in [5, 5.41) is 3.25. The Bertz CT molecular complexity index is 621. The molecule has 0 bridgehead atoms. The van der Waals surface area contributed by atoms with E-state index in [-0.39, 0.29) is 5.82 Å². The van der Waals surface area contributed by atoms with E-state index >= 15 is 0 Å². The third-order valence-corrected chi connectivity index (χ3v) is 3.72. The first-order chi connectivity index (χ1) is 9.88. The average Bonchev–Trinajstić information content (AvgIpc) is 2.36. The fraction of sp³-hybridized carbons (Fsp3) is 0.368. The molecule has 0 unspecified atom stereocenters. The van der Waals surface area contributed by atoms with E-state index in [2.05, 4.69) is 52.1 Å². The first-order valence-electron chi connectivity index (χ1n) is 7.48. The second-order valence-electron chi connectivity index (χ2n) is 6.12. The molecule has 0 aromatic heterocycles. The van der Waals surface area contributed by atoms with Gasteiger partial charge in [0.15, 0.2) is 0 Å². The normalized spacial score (nSPS) is 11.2. The fourth-order valence-corrected chi connectivity index (χ4v) is 2.80. The predicted molar refractivity (Wildman–Crippen MR) is 88.0 cm³/mol. The van der Waals surface area contributed by atoms with Gasteiger partial charge >= 0.3 is 0 Å². The minimum atomic E-state index is -0.139. The summed E-state index contributed by atoms with van der Waals surface area (Å²) in [6.45, 7) is 10.9. The molecule has 112 valence electrons. The van der Waals surface area contributed by atoms with Crippen molar-refractivity contribution in [2.45, 2.75) is 47.2 Å². The molecule has 0 fully saturated rings. The van der Waals surface area contributed by atoms with Crippen LogP contribution in [0.1, 0.15) is 36.1 Å². The quantitative estimate of drug-likeness (QED) is 0.841. The van der Waals surface area contributed by atoms with Gasteiger partial charge in [0.25, 0.3) is 0 Å². The smallest absolute Gasteiger partial charge is 0.128 e. The third-order valence-electron chi connectivity index (χ3n) is 3.72. The molecule has 1 N–H and O–H groups in total. The highest BCUT2D eigenvalue weighted by Gasteiger charge is 2.10. The molecule has 0 aliphatic carbocycles. The van der Waals surface area contributed by atoms with Gasteiger partial charge in [-0.05, 0) is 49.1 Å². The molecule has 0 atom stereocenters. The van der Waals surface area contributed by atoms with Crippen LogP contribution in [0.25, 0.3) is 11.1 Å². The van der Waals surface area contributed by atoms with E-state index in [0.717, 1.165) is 16.7 Å². The second-order valence-corrected chi connectivity index (χ2v) is 6.12. The van der Waals surface area contributed by atoms with Crippen LogP contribution in [0, 0.1) is 26.6 Å². The van der Waals surface area contributed by atoms with Crippen LogP contribution in [-0.4, -0.2) is 6.04 Å². The molecule has 1 nitrogen and oxygen atoms in total. The molecule has 0 aliphatic heterocycles. The zero-order valence-corrected chi connectivity index (χ0v) is 13.5. The number of rotatable bonds is 4. The highest BCUT2D eigenvalue weighted by Crippen LogP contribution is 2.29. The minimum Gasteiger partial charge on any atom is -0.310 e. The van der Waals surface area contributed by atoms with Crippen LogP contribution >= 0.6 is 0 Å². The number of benzene rings is 2. The zero-order chi connectivity index (χ0) is 15.6. The monoisotopic (exact) mass is 285 g/mol. The summed E-state index contributed by atoms with van der Waals surface area (Å²) in [6.07, 6.45) is 0. The van der Waals surface area contributed by atoms with Crippen LogP contribution in [0.15, 0.2) is 30.3 Å². The number of hydrogen-bond donors (Lipinski definition) is 1. The van der Waals surface area contributed by atoms with Crippen LogP contribution in [0.2, 0.25) is 0 Å². The van der Waals surface area contributed by atoms with Gasteiger partial charge < -0.3 is 5.32 Å². The molecule has 0 heterocycles. The van der Waals surface area contributed by atoms with Crippen molar-refractivity contribution in [3.05, 3.63) is 58.4 Å². The van der Waals surface area contributed by atoms with Crippen molar-refractivity contribution in [2.24, 2.45) is 0 Å². The highest BCUT2D eigenvalue weighted by molar-refractivity contribution is 5.71. The maximum atomic E-state index is 14.3. The van der Waals surface area contributed by atoms with Gasteiger partial charge in [-0.25, -0.2) is 4.39 Å². The molecule has 0 aliphatic rings. The molecule has 2 rings (SSSR count). The van der Waals surface area contributed by atoms with Gasteiger partial charge in [0, 0.05) is 18.2 Å². The Hall–Kier alpha value is -1.67. The van der Waals surface area contributed by atoms with E-state index in [4.69, 9.17) is 0 Å². The molecule has 2 aromatic carbocycles. The Kier molecular flexibility index (Phi) is 4.79. The maximum Gasteiger partial charge on any atom is 0.128 e. The van der Waals surface area contributed by atoms with Crippen LogP contribution in [0.3, 0.4) is 0 Å². The lowest BCUT2D eigenvalue weighted by molar-refractivity contribution is 0.553. The average molecular weight is 285 g/mol. The summed E-state index contributed by atoms with van der Waals surface area (Å²) in [4.78, 5) is 0. The van der Waals surface area contributed by atoms with Crippen LogP contribution in [0.5, 0.6) is 0 Å². The van der Waals surface area contributed by atoms with E-state index in [1.54, 1.807) is 6.07 Å². The second kappa shape index (κ2) is 6.40. The summed E-state index contributed by atoms with van der Waals surface area (Å²) in [7, 11) is 0. The Morgan fingerprint density at radius 1 is 1.00 bits per heavy atom. The van der Waals surface area contributed by atoms with Gasteiger partial charge in [-0.3, -0.25) is 0 Å². The van der Waals surface area contributed by atoms with Gasteiger partial charge in [0.1, 0.15) is 5.82 Å². The van der Waals surface area contributed by atoms with E-state index < -0.39 is 0 Å².